The smallest absolute Gasteiger partial charge is 0.304 e. The molecule has 0 saturated heterocycles. The first-order valence-electron chi connectivity index (χ1n) is 7.41. The van der Waals surface area contributed by atoms with Gasteiger partial charge in [0, 0.05) is 20.1 Å². The summed E-state index contributed by atoms with van der Waals surface area (Å²) in [6.45, 7) is 1.48. The normalized spacial score (nSPS) is 10.6. The summed E-state index contributed by atoms with van der Waals surface area (Å²) < 4.78 is 18.2. The van der Waals surface area contributed by atoms with Gasteiger partial charge in [-0.3, -0.25) is 14.5 Å². The lowest BCUT2D eigenvalue weighted by atomic mass is 10.3. The molecule has 1 aromatic carbocycles. The van der Waals surface area contributed by atoms with Crippen LogP contribution in [0.4, 0.5) is 4.39 Å². The first-order valence-corrected chi connectivity index (χ1v) is 7.41. The van der Waals surface area contributed by atoms with Crippen molar-refractivity contribution in [3.8, 4) is 5.75 Å². The highest BCUT2D eigenvalue weighted by Gasteiger charge is 2.12. The second-order valence-corrected chi connectivity index (χ2v) is 5.35. The van der Waals surface area contributed by atoms with Gasteiger partial charge in [0.15, 0.2) is 0 Å². The third kappa shape index (κ3) is 8.15. The largest absolute Gasteiger partial charge is 0.494 e. The van der Waals surface area contributed by atoms with E-state index in [1.54, 1.807) is 36.0 Å². The molecule has 1 N–H and O–H groups in total. The van der Waals surface area contributed by atoms with Crippen LogP contribution in [0.3, 0.4) is 0 Å². The zero-order chi connectivity index (χ0) is 17.2. The van der Waals surface area contributed by atoms with Gasteiger partial charge in [-0.15, -0.1) is 0 Å². The molecule has 0 heterocycles. The van der Waals surface area contributed by atoms with E-state index in [1.807, 2.05) is 0 Å². The fourth-order valence-corrected chi connectivity index (χ4v) is 1.86. The molecule has 0 spiro atoms. The average molecular weight is 326 g/mol. The van der Waals surface area contributed by atoms with Crippen LogP contribution in [0.15, 0.2) is 24.3 Å². The monoisotopic (exact) mass is 326 g/mol. The van der Waals surface area contributed by atoms with Crippen molar-refractivity contribution >= 4 is 11.9 Å². The van der Waals surface area contributed by atoms with Gasteiger partial charge in [-0.25, -0.2) is 4.39 Å². The van der Waals surface area contributed by atoms with Crippen LogP contribution in [0.2, 0.25) is 0 Å². The number of benzene rings is 1. The number of carboxylic acid groups (broad SMARTS) is 1. The lowest BCUT2D eigenvalue weighted by Gasteiger charge is -2.21. The van der Waals surface area contributed by atoms with Gasteiger partial charge in [0.2, 0.25) is 5.91 Å². The number of carbonyl (C=O) groups is 2. The van der Waals surface area contributed by atoms with Gasteiger partial charge in [-0.05, 0) is 37.7 Å². The summed E-state index contributed by atoms with van der Waals surface area (Å²) >= 11 is 0. The number of nitrogens with zero attached hydrogens (tertiary/aromatic N) is 2. The van der Waals surface area contributed by atoms with Crippen LogP contribution in [0.1, 0.15) is 12.8 Å². The Morgan fingerprint density at radius 3 is 2.43 bits per heavy atom. The molecule has 128 valence electrons. The highest BCUT2D eigenvalue weighted by Crippen LogP contribution is 2.11. The number of aliphatic carboxylic acids is 1. The number of hydrogen-bond acceptors (Lipinski definition) is 4. The molecule has 0 aliphatic heterocycles. The molecular formula is C16H23FN2O4. The summed E-state index contributed by atoms with van der Waals surface area (Å²) in [7, 11) is 3.41. The zero-order valence-electron chi connectivity index (χ0n) is 13.5. The Hall–Kier alpha value is -2.15. The molecule has 1 aromatic rings. The van der Waals surface area contributed by atoms with Crippen molar-refractivity contribution in [2.75, 3.05) is 40.3 Å². The van der Waals surface area contributed by atoms with Crippen LogP contribution in [-0.4, -0.2) is 67.1 Å². The number of amides is 1. The van der Waals surface area contributed by atoms with E-state index >= 15 is 0 Å². The summed E-state index contributed by atoms with van der Waals surface area (Å²) in [5.74, 6) is -0.668. The Bertz CT molecular complexity index is 507. The molecule has 0 unspecified atom stereocenters. The Labute approximate surface area is 135 Å². The fraction of sp³-hybridized carbons (Fsp3) is 0.500. The molecule has 0 fully saturated rings. The van der Waals surface area contributed by atoms with E-state index in [0.29, 0.717) is 31.9 Å². The van der Waals surface area contributed by atoms with E-state index < -0.39 is 5.97 Å². The molecule has 1 amide bonds. The van der Waals surface area contributed by atoms with Gasteiger partial charge in [0.05, 0.1) is 19.6 Å². The summed E-state index contributed by atoms with van der Waals surface area (Å²) in [6, 6.07) is 5.78. The molecule has 0 saturated carbocycles. The van der Waals surface area contributed by atoms with Crippen LogP contribution in [-0.2, 0) is 9.59 Å². The van der Waals surface area contributed by atoms with Crippen molar-refractivity contribution in [2.45, 2.75) is 12.8 Å². The van der Waals surface area contributed by atoms with E-state index in [-0.39, 0.29) is 24.7 Å². The highest BCUT2D eigenvalue weighted by atomic mass is 19.1. The minimum atomic E-state index is -0.879. The standard InChI is InChI=1S/C16H23FN2O4/c1-18(10-8-16(21)22)12-15(20)19(2)9-3-11-23-14-6-4-13(17)5-7-14/h4-7H,3,8-12H2,1-2H3,(H,21,22). The van der Waals surface area contributed by atoms with Crippen LogP contribution < -0.4 is 4.74 Å². The quantitative estimate of drug-likeness (QED) is 0.659. The highest BCUT2D eigenvalue weighted by molar-refractivity contribution is 5.78. The summed E-state index contributed by atoms with van der Waals surface area (Å²) in [5, 5.41) is 8.60. The van der Waals surface area contributed by atoms with Crippen molar-refractivity contribution in [2.24, 2.45) is 0 Å². The van der Waals surface area contributed by atoms with Gasteiger partial charge < -0.3 is 14.7 Å². The van der Waals surface area contributed by atoms with Crippen molar-refractivity contribution < 1.29 is 23.8 Å². The van der Waals surface area contributed by atoms with Gasteiger partial charge >= 0.3 is 5.97 Å². The fourth-order valence-electron chi connectivity index (χ4n) is 1.86. The Morgan fingerprint density at radius 2 is 1.83 bits per heavy atom. The number of ether oxygens (including phenoxy) is 1. The molecule has 1 rings (SSSR count). The summed E-state index contributed by atoms with van der Waals surface area (Å²) in [4.78, 5) is 25.7. The van der Waals surface area contributed by atoms with Crippen molar-refractivity contribution in [3.63, 3.8) is 0 Å². The topological polar surface area (TPSA) is 70.1 Å². The molecule has 6 nitrogen and oxygen atoms in total. The van der Waals surface area contributed by atoms with Crippen molar-refractivity contribution in [3.05, 3.63) is 30.1 Å². The molecular weight excluding hydrogens is 303 g/mol. The van der Waals surface area contributed by atoms with Crippen LogP contribution in [0.25, 0.3) is 0 Å². The van der Waals surface area contributed by atoms with E-state index in [1.165, 1.54) is 12.1 Å². The Kier molecular flexibility index (Phi) is 8.04. The van der Waals surface area contributed by atoms with Gasteiger partial charge in [0.1, 0.15) is 11.6 Å². The molecule has 0 bridgehead atoms. The van der Waals surface area contributed by atoms with Crippen molar-refractivity contribution in [1.29, 1.82) is 0 Å². The number of carboxylic acids is 1. The third-order valence-corrected chi connectivity index (χ3v) is 3.26. The number of likely N-dealkylation sites (N-methyl/N-ethyl adjacent to an activating group) is 2. The van der Waals surface area contributed by atoms with Gasteiger partial charge in [-0.2, -0.15) is 0 Å². The average Bonchev–Trinajstić information content (AvgIpc) is 2.51. The van der Waals surface area contributed by atoms with E-state index in [0.717, 1.165) is 0 Å². The molecule has 0 atom stereocenters. The summed E-state index contributed by atoms with van der Waals surface area (Å²) in [6.07, 6.45) is 0.664. The van der Waals surface area contributed by atoms with Gasteiger partial charge in [-0.1, -0.05) is 0 Å². The Morgan fingerprint density at radius 1 is 1.17 bits per heavy atom. The first-order chi connectivity index (χ1) is 10.9. The van der Waals surface area contributed by atoms with Crippen molar-refractivity contribution in [1.82, 2.24) is 9.80 Å². The second-order valence-electron chi connectivity index (χ2n) is 5.35. The first kappa shape index (κ1) is 18.9. The van der Waals surface area contributed by atoms with Gasteiger partial charge in [0.25, 0.3) is 0 Å². The van der Waals surface area contributed by atoms with E-state index in [9.17, 15) is 14.0 Å². The second kappa shape index (κ2) is 9.78. The SMILES string of the molecule is CN(CCC(=O)O)CC(=O)N(C)CCCOc1ccc(F)cc1. The minimum absolute atomic E-state index is 0.0129. The number of rotatable bonds is 10. The van der Waals surface area contributed by atoms with E-state index in [2.05, 4.69) is 0 Å². The maximum Gasteiger partial charge on any atom is 0.304 e. The maximum atomic E-state index is 12.7. The van der Waals surface area contributed by atoms with E-state index in [4.69, 9.17) is 9.84 Å². The van der Waals surface area contributed by atoms with Crippen LogP contribution in [0.5, 0.6) is 5.75 Å². The number of carbonyl (C=O) groups excluding carboxylic acids is 1. The Balaban J connectivity index is 2.19. The number of hydrogen-bond donors (Lipinski definition) is 1. The maximum absolute atomic E-state index is 12.7. The molecule has 0 radical (unpaired) electrons. The molecule has 0 aliphatic rings. The lowest BCUT2D eigenvalue weighted by Crippen LogP contribution is -2.38. The zero-order valence-corrected chi connectivity index (χ0v) is 13.5. The molecule has 23 heavy (non-hydrogen) atoms. The molecule has 0 aliphatic carbocycles. The summed E-state index contributed by atoms with van der Waals surface area (Å²) in [5.41, 5.74) is 0. The number of halogens is 1. The molecule has 7 heteroatoms. The van der Waals surface area contributed by atoms with Crippen LogP contribution >= 0.6 is 0 Å². The predicted molar refractivity (Wildman–Crippen MR) is 83.9 cm³/mol. The third-order valence-electron chi connectivity index (χ3n) is 3.26. The molecule has 0 aromatic heterocycles. The van der Waals surface area contributed by atoms with Crippen LogP contribution in [0, 0.1) is 5.82 Å². The minimum Gasteiger partial charge on any atom is -0.494 e. The predicted octanol–water partition coefficient (Wildman–Crippen LogP) is 1.46. The lowest BCUT2D eigenvalue weighted by molar-refractivity contribution is -0.138.